The van der Waals surface area contributed by atoms with Gasteiger partial charge in [0.1, 0.15) is 17.1 Å². The van der Waals surface area contributed by atoms with Crippen molar-refractivity contribution in [3.63, 3.8) is 0 Å². The number of hydrogen-bond donors (Lipinski definition) is 4. The van der Waals surface area contributed by atoms with Gasteiger partial charge >= 0.3 is 12.0 Å². The SMILES string of the molecule is O=C(NCCCC1CCCC1)Nc1ccc(-c2c3ccc(=O)cc-3oc3cc(O)ccc23)c(C(=O)O)c1. The summed E-state index contributed by atoms with van der Waals surface area (Å²) in [5.74, 6) is -0.155. The van der Waals surface area contributed by atoms with Gasteiger partial charge in [-0.25, -0.2) is 9.59 Å². The summed E-state index contributed by atoms with van der Waals surface area (Å²) < 4.78 is 5.85. The molecule has 8 nitrogen and oxygen atoms in total. The number of rotatable bonds is 7. The third kappa shape index (κ3) is 5.28. The second kappa shape index (κ2) is 10.3. The topological polar surface area (TPSA) is 129 Å². The number of anilines is 1. The molecule has 4 N–H and O–H groups in total. The number of fused-ring (bicyclic) bond motifs is 2. The van der Waals surface area contributed by atoms with E-state index in [1.807, 2.05) is 0 Å². The van der Waals surface area contributed by atoms with E-state index in [4.69, 9.17) is 4.42 Å². The molecule has 0 spiro atoms. The lowest BCUT2D eigenvalue weighted by Gasteiger charge is -2.17. The van der Waals surface area contributed by atoms with Crippen LogP contribution in [0.25, 0.3) is 33.4 Å². The molecule has 0 radical (unpaired) electrons. The lowest BCUT2D eigenvalue weighted by molar-refractivity contribution is 0.0697. The van der Waals surface area contributed by atoms with E-state index in [1.54, 1.807) is 24.3 Å². The van der Waals surface area contributed by atoms with E-state index in [0.717, 1.165) is 18.8 Å². The number of aromatic hydroxyl groups is 1. The predicted molar refractivity (Wildman–Crippen MR) is 141 cm³/mol. The number of urea groups is 1. The van der Waals surface area contributed by atoms with Gasteiger partial charge in [0.05, 0.1) is 5.56 Å². The summed E-state index contributed by atoms with van der Waals surface area (Å²) in [5.41, 5.74) is 1.88. The van der Waals surface area contributed by atoms with Gasteiger partial charge < -0.3 is 25.3 Å². The Labute approximate surface area is 213 Å². The number of carboxylic acid groups (broad SMARTS) is 1. The summed E-state index contributed by atoms with van der Waals surface area (Å²) in [7, 11) is 0. The van der Waals surface area contributed by atoms with Gasteiger partial charge in [-0.05, 0) is 60.7 Å². The first-order chi connectivity index (χ1) is 17.9. The first-order valence-electron chi connectivity index (χ1n) is 12.5. The Morgan fingerprint density at radius 2 is 1.76 bits per heavy atom. The lowest BCUT2D eigenvalue weighted by atomic mass is 9.90. The summed E-state index contributed by atoms with van der Waals surface area (Å²) >= 11 is 0. The number of aromatic carboxylic acids is 1. The third-order valence-corrected chi connectivity index (χ3v) is 7.00. The van der Waals surface area contributed by atoms with Crippen molar-refractivity contribution in [3.05, 3.63) is 70.4 Å². The molecule has 0 unspecified atom stereocenters. The summed E-state index contributed by atoms with van der Waals surface area (Å²) in [6.45, 7) is 0.562. The highest BCUT2D eigenvalue weighted by molar-refractivity contribution is 6.08. The number of carboxylic acids is 1. The Balaban J connectivity index is 1.44. The molecule has 8 heteroatoms. The van der Waals surface area contributed by atoms with Gasteiger partial charge in [-0.15, -0.1) is 0 Å². The van der Waals surface area contributed by atoms with Gasteiger partial charge in [0.15, 0.2) is 5.43 Å². The molecule has 37 heavy (non-hydrogen) atoms. The molecule has 2 aromatic rings. The van der Waals surface area contributed by atoms with Gasteiger partial charge in [-0.3, -0.25) is 4.79 Å². The van der Waals surface area contributed by atoms with Crippen LogP contribution in [0.15, 0.2) is 63.8 Å². The number of amides is 2. The number of phenols is 1. The van der Waals surface area contributed by atoms with E-state index >= 15 is 0 Å². The van der Waals surface area contributed by atoms with Crippen LogP contribution in [-0.2, 0) is 0 Å². The van der Waals surface area contributed by atoms with E-state index in [9.17, 15) is 24.6 Å². The third-order valence-electron chi connectivity index (χ3n) is 7.00. The van der Waals surface area contributed by atoms with Crippen LogP contribution < -0.4 is 16.1 Å². The number of phenolic OH excluding ortho intramolecular Hbond substituents is 1. The molecule has 0 atom stereocenters. The maximum atomic E-state index is 12.4. The number of nitrogens with one attached hydrogen (secondary N) is 2. The van der Waals surface area contributed by atoms with E-state index in [2.05, 4.69) is 10.6 Å². The maximum Gasteiger partial charge on any atom is 0.336 e. The molecule has 2 aliphatic carbocycles. The molecule has 2 aromatic carbocycles. The second-order valence-electron chi connectivity index (χ2n) is 9.55. The Bertz CT molecular complexity index is 1500. The van der Waals surface area contributed by atoms with Crippen molar-refractivity contribution < 1.29 is 24.2 Å². The van der Waals surface area contributed by atoms with Crippen molar-refractivity contribution in [1.82, 2.24) is 5.32 Å². The van der Waals surface area contributed by atoms with Gasteiger partial charge in [-0.1, -0.05) is 31.7 Å². The standard InChI is InChI=1S/C29H28N2O6/c32-19-8-11-22-25(15-19)37-26-16-20(33)9-12-23(26)27(22)21-10-7-18(14-24(21)28(34)35)31-29(36)30-13-3-6-17-4-1-2-5-17/h7-12,14-17,32H,1-6,13H2,(H,34,35)(H2,30,31,36). The van der Waals surface area contributed by atoms with Gasteiger partial charge in [-0.2, -0.15) is 0 Å². The van der Waals surface area contributed by atoms with E-state index in [1.165, 1.54) is 56.0 Å². The highest BCUT2D eigenvalue weighted by atomic mass is 16.4. The minimum absolute atomic E-state index is 0.0212. The fraction of sp³-hybridized carbons (Fsp3) is 0.276. The molecule has 2 amide bonds. The number of benzene rings is 3. The fourth-order valence-corrected chi connectivity index (χ4v) is 5.23. The van der Waals surface area contributed by atoms with Crippen LogP contribution in [0.5, 0.6) is 5.75 Å². The zero-order valence-corrected chi connectivity index (χ0v) is 20.3. The number of carbonyl (C=O) groups excluding carboxylic acids is 1. The minimum Gasteiger partial charge on any atom is -0.508 e. The molecule has 0 saturated heterocycles. The molecular weight excluding hydrogens is 472 g/mol. The number of carbonyl (C=O) groups is 2. The van der Waals surface area contributed by atoms with Crippen LogP contribution in [-0.4, -0.2) is 28.8 Å². The van der Waals surface area contributed by atoms with E-state index < -0.39 is 5.97 Å². The molecule has 0 bridgehead atoms. The molecule has 1 aliphatic heterocycles. The van der Waals surface area contributed by atoms with Crippen LogP contribution in [0, 0.1) is 5.92 Å². The highest BCUT2D eigenvalue weighted by Gasteiger charge is 2.22. The number of hydrogen-bond acceptors (Lipinski definition) is 5. The van der Waals surface area contributed by atoms with E-state index in [-0.39, 0.29) is 28.5 Å². The normalized spacial score (nSPS) is 13.7. The predicted octanol–water partition coefficient (Wildman–Crippen LogP) is 6.06. The minimum atomic E-state index is -1.17. The van der Waals surface area contributed by atoms with Gasteiger partial charge in [0.25, 0.3) is 0 Å². The first-order valence-corrected chi connectivity index (χ1v) is 12.5. The smallest absolute Gasteiger partial charge is 0.336 e. The van der Waals surface area contributed by atoms with E-state index in [0.29, 0.717) is 39.9 Å². The molecule has 3 aliphatic rings. The molecule has 1 fully saturated rings. The maximum absolute atomic E-state index is 12.4. The van der Waals surface area contributed by atoms with Crippen LogP contribution in [0.3, 0.4) is 0 Å². The largest absolute Gasteiger partial charge is 0.508 e. The molecular formula is C29H28N2O6. The van der Waals surface area contributed by atoms with Gasteiger partial charge in [0.2, 0.25) is 0 Å². The van der Waals surface area contributed by atoms with Gasteiger partial charge in [0, 0.05) is 40.9 Å². The Kier molecular flexibility index (Phi) is 6.81. The van der Waals surface area contributed by atoms with Crippen LogP contribution in [0.1, 0.15) is 48.9 Å². The molecule has 190 valence electrons. The Morgan fingerprint density at radius 3 is 2.54 bits per heavy atom. The van der Waals surface area contributed by atoms with Crippen molar-refractivity contribution in [2.24, 2.45) is 5.92 Å². The monoisotopic (exact) mass is 500 g/mol. The van der Waals surface area contributed by atoms with Crippen molar-refractivity contribution >= 4 is 28.7 Å². The zero-order chi connectivity index (χ0) is 25.9. The summed E-state index contributed by atoms with van der Waals surface area (Å²) in [5, 5.41) is 26.2. The Morgan fingerprint density at radius 1 is 0.973 bits per heavy atom. The zero-order valence-electron chi connectivity index (χ0n) is 20.3. The summed E-state index contributed by atoms with van der Waals surface area (Å²) in [6, 6.07) is 13.2. The highest BCUT2D eigenvalue weighted by Crippen LogP contribution is 2.42. The molecule has 0 aromatic heterocycles. The van der Waals surface area contributed by atoms with Crippen LogP contribution >= 0.6 is 0 Å². The second-order valence-corrected chi connectivity index (χ2v) is 9.55. The average Bonchev–Trinajstić information content (AvgIpc) is 3.39. The fourth-order valence-electron chi connectivity index (χ4n) is 5.23. The Hall–Kier alpha value is -4.33. The lowest BCUT2D eigenvalue weighted by Crippen LogP contribution is -2.29. The first kappa shape index (κ1) is 24.4. The van der Waals surface area contributed by atoms with Crippen molar-refractivity contribution in [2.45, 2.75) is 38.5 Å². The molecule has 1 heterocycles. The molecule has 5 rings (SSSR count). The van der Waals surface area contributed by atoms with Crippen molar-refractivity contribution in [3.8, 4) is 28.2 Å². The average molecular weight is 501 g/mol. The quantitative estimate of drug-likeness (QED) is 0.180. The van der Waals surface area contributed by atoms with Crippen LogP contribution in [0.4, 0.5) is 10.5 Å². The van der Waals surface area contributed by atoms with Crippen molar-refractivity contribution in [1.29, 1.82) is 0 Å². The van der Waals surface area contributed by atoms with Crippen molar-refractivity contribution in [2.75, 3.05) is 11.9 Å². The summed E-state index contributed by atoms with van der Waals surface area (Å²) in [4.78, 5) is 36.7. The summed E-state index contributed by atoms with van der Waals surface area (Å²) in [6.07, 6.45) is 7.16. The van der Waals surface area contributed by atoms with Crippen LogP contribution in [0.2, 0.25) is 0 Å². The molecule has 1 saturated carbocycles.